The van der Waals surface area contributed by atoms with Crippen LogP contribution in [0.1, 0.15) is 32.3 Å². The topological polar surface area (TPSA) is 9.23 Å². The first-order valence-corrected chi connectivity index (χ1v) is 6.02. The average molecular weight is 216 g/mol. The van der Waals surface area contributed by atoms with Gasteiger partial charge in [-0.25, -0.2) is 0 Å². The lowest BCUT2D eigenvalue weighted by Gasteiger charge is -2.32. The van der Waals surface area contributed by atoms with Gasteiger partial charge in [-0.3, -0.25) is 0 Å². The normalized spacial score (nSPS) is 27.3. The van der Waals surface area contributed by atoms with E-state index in [2.05, 4.69) is 57.2 Å². The molecule has 0 aliphatic carbocycles. The van der Waals surface area contributed by atoms with Gasteiger partial charge in [0.05, 0.1) is 12.7 Å². The molecular weight excluding hydrogens is 196 g/mol. The molecule has 1 aromatic carbocycles. The van der Waals surface area contributed by atoms with E-state index in [1.165, 1.54) is 11.1 Å². The van der Waals surface area contributed by atoms with Gasteiger partial charge in [-0.05, 0) is 12.5 Å². The molecule has 0 bridgehead atoms. The van der Waals surface area contributed by atoms with Crippen LogP contribution in [0.2, 0.25) is 0 Å². The van der Waals surface area contributed by atoms with E-state index in [9.17, 15) is 0 Å². The van der Waals surface area contributed by atoms with E-state index in [1.807, 2.05) is 0 Å². The van der Waals surface area contributed by atoms with Gasteiger partial charge in [0.2, 0.25) is 0 Å². The second-order valence-corrected chi connectivity index (χ2v) is 4.85. The molecule has 1 aliphatic heterocycles. The van der Waals surface area contributed by atoms with Crippen LogP contribution in [0.25, 0.3) is 0 Å². The van der Waals surface area contributed by atoms with E-state index >= 15 is 0 Å². The van der Waals surface area contributed by atoms with Crippen LogP contribution >= 0.6 is 0 Å². The Kier molecular flexibility index (Phi) is 3.45. The van der Waals surface area contributed by atoms with Gasteiger partial charge in [-0.2, -0.15) is 0 Å². The van der Waals surface area contributed by atoms with Gasteiger partial charge >= 0.3 is 0 Å². The summed E-state index contributed by atoms with van der Waals surface area (Å²) in [6.45, 7) is 7.42. The second kappa shape index (κ2) is 4.84. The molecule has 0 saturated heterocycles. The van der Waals surface area contributed by atoms with Crippen molar-refractivity contribution >= 4 is 0 Å². The van der Waals surface area contributed by atoms with Crippen molar-refractivity contribution in [1.82, 2.24) is 0 Å². The van der Waals surface area contributed by atoms with Gasteiger partial charge < -0.3 is 4.74 Å². The Hall–Kier alpha value is -1.08. The molecule has 3 atom stereocenters. The number of ether oxygens (including phenoxy) is 1. The third-order valence-electron chi connectivity index (χ3n) is 3.39. The maximum Gasteiger partial charge on any atom is 0.0705 e. The minimum Gasteiger partial charge on any atom is -0.373 e. The Morgan fingerprint density at radius 2 is 1.94 bits per heavy atom. The highest BCUT2D eigenvalue weighted by atomic mass is 16.5. The summed E-state index contributed by atoms with van der Waals surface area (Å²) in [5.41, 5.74) is 2.72. The van der Waals surface area contributed by atoms with Crippen molar-refractivity contribution in [2.24, 2.45) is 5.92 Å². The van der Waals surface area contributed by atoms with Crippen molar-refractivity contribution in [3.8, 4) is 0 Å². The molecule has 1 aromatic rings. The molecule has 0 saturated carbocycles. The summed E-state index contributed by atoms with van der Waals surface area (Å²) >= 11 is 0. The quantitative estimate of drug-likeness (QED) is 0.684. The molecule has 0 N–H and O–H groups in total. The zero-order chi connectivity index (χ0) is 11.5. The molecule has 0 unspecified atom stereocenters. The fourth-order valence-electron chi connectivity index (χ4n) is 2.52. The summed E-state index contributed by atoms with van der Waals surface area (Å²) in [6.07, 6.45) is 2.65. The van der Waals surface area contributed by atoms with Crippen molar-refractivity contribution in [2.45, 2.75) is 32.8 Å². The van der Waals surface area contributed by atoms with E-state index in [1.54, 1.807) is 0 Å². The maximum absolute atomic E-state index is 5.95. The Morgan fingerprint density at radius 3 is 2.56 bits per heavy atom. The largest absolute Gasteiger partial charge is 0.373 e. The van der Waals surface area contributed by atoms with Crippen molar-refractivity contribution < 1.29 is 4.74 Å². The van der Waals surface area contributed by atoms with Gasteiger partial charge in [0, 0.05) is 11.8 Å². The Balaban J connectivity index is 2.14. The molecule has 1 heterocycles. The molecule has 0 aromatic heterocycles. The summed E-state index contributed by atoms with van der Waals surface area (Å²) in [4.78, 5) is 0. The van der Waals surface area contributed by atoms with Crippen LogP contribution in [-0.2, 0) is 4.74 Å². The van der Waals surface area contributed by atoms with E-state index in [-0.39, 0.29) is 0 Å². The van der Waals surface area contributed by atoms with Crippen molar-refractivity contribution in [2.75, 3.05) is 6.61 Å². The molecule has 1 nitrogen and oxygen atoms in total. The molecule has 2 rings (SSSR count). The minimum absolute atomic E-state index is 0.311. The summed E-state index contributed by atoms with van der Waals surface area (Å²) in [6, 6.07) is 10.6. The molecule has 1 aliphatic rings. The van der Waals surface area contributed by atoms with Crippen molar-refractivity contribution in [3.05, 3.63) is 47.5 Å². The first kappa shape index (κ1) is 11.4. The van der Waals surface area contributed by atoms with Crippen LogP contribution in [0.15, 0.2) is 42.0 Å². The zero-order valence-corrected chi connectivity index (χ0v) is 10.3. The molecular formula is C15H20O. The summed E-state index contributed by atoms with van der Waals surface area (Å²) in [7, 11) is 0. The molecule has 0 fully saturated rings. The van der Waals surface area contributed by atoms with E-state index in [0.717, 1.165) is 6.61 Å². The van der Waals surface area contributed by atoms with E-state index in [4.69, 9.17) is 4.74 Å². The van der Waals surface area contributed by atoms with Crippen molar-refractivity contribution in [3.63, 3.8) is 0 Å². The molecule has 86 valence electrons. The molecule has 0 spiro atoms. The average Bonchev–Trinajstić information content (AvgIpc) is 2.29. The Morgan fingerprint density at radius 1 is 1.25 bits per heavy atom. The minimum atomic E-state index is 0.311. The van der Waals surface area contributed by atoms with Gasteiger partial charge in [-0.15, -0.1) is 0 Å². The fraction of sp³-hybridized carbons (Fsp3) is 0.467. The van der Waals surface area contributed by atoms with Crippen LogP contribution in [0, 0.1) is 5.92 Å². The SMILES string of the molecule is CC1=C[C@@H](C)[C@@H]([C@@H](C)c2ccccc2)OC1. The number of hydrogen-bond donors (Lipinski definition) is 0. The number of rotatable bonds is 2. The lowest BCUT2D eigenvalue weighted by molar-refractivity contribution is 0.0171. The van der Waals surface area contributed by atoms with Crippen LogP contribution in [0.4, 0.5) is 0 Å². The first-order chi connectivity index (χ1) is 7.68. The lowest BCUT2D eigenvalue weighted by Crippen LogP contribution is -2.30. The highest BCUT2D eigenvalue weighted by Gasteiger charge is 2.27. The third-order valence-corrected chi connectivity index (χ3v) is 3.39. The van der Waals surface area contributed by atoms with Crippen LogP contribution in [0.3, 0.4) is 0 Å². The monoisotopic (exact) mass is 216 g/mol. The fourth-order valence-corrected chi connectivity index (χ4v) is 2.52. The number of hydrogen-bond acceptors (Lipinski definition) is 1. The smallest absolute Gasteiger partial charge is 0.0705 e. The second-order valence-electron chi connectivity index (χ2n) is 4.85. The summed E-state index contributed by atoms with van der Waals surface area (Å²) in [5, 5.41) is 0. The van der Waals surface area contributed by atoms with Gasteiger partial charge in [0.1, 0.15) is 0 Å². The molecule has 0 amide bonds. The zero-order valence-electron chi connectivity index (χ0n) is 10.3. The highest BCUT2D eigenvalue weighted by molar-refractivity contribution is 5.21. The van der Waals surface area contributed by atoms with Crippen LogP contribution in [0.5, 0.6) is 0 Å². The standard InChI is InChI=1S/C15H20O/c1-11-9-12(2)15(16-10-11)13(3)14-7-5-4-6-8-14/h4-9,12-13,15H,10H2,1-3H3/t12-,13+,15+/m1/s1. The lowest BCUT2D eigenvalue weighted by atomic mass is 9.86. The molecule has 1 heteroatoms. The van der Waals surface area contributed by atoms with Crippen molar-refractivity contribution in [1.29, 1.82) is 0 Å². The summed E-state index contributed by atoms with van der Waals surface area (Å²) < 4.78 is 5.95. The predicted molar refractivity (Wildman–Crippen MR) is 67.5 cm³/mol. The maximum atomic E-state index is 5.95. The van der Waals surface area contributed by atoms with Gasteiger partial charge in [0.15, 0.2) is 0 Å². The van der Waals surface area contributed by atoms with E-state index in [0.29, 0.717) is 17.9 Å². The molecule has 0 radical (unpaired) electrons. The number of benzene rings is 1. The predicted octanol–water partition coefficient (Wildman–Crippen LogP) is 3.77. The summed E-state index contributed by atoms with van der Waals surface area (Å²) in [5.74, 6) is 0.963. The van der Waals surface area contributed by atoms with E-state index < -0.39 is 0 Å². The molecule has 16 heavy (non-hydrogen) atoms. The van der Waals surface area contributed by atoms with Gasteiger partial charge in [-0.1, -0.05) is 55.8 Å². The first-order valence-electron chi connectivity index (χ1n) is 6.02. The van der Waals surface area contributed by atoms with Crippen LogP contribution < -0.4 is 0 Å². The third kappa shape index (κ3) is 2.35. The highest BCUT2D eigenvalue weighted by Crippen LogP contribution is 2.30. The Labute approximate surface area is 98.1 Å². The van der Waals surface area contributed by atoms with Gasteiger partial charge in [0.25, 0.3) is 0 Å². The van der Waals surface area contributed by atoms with Crippen LogP contribution in [-0.4, -0.2) is 12.7 Å². The Bertz CT molecular complexity index is 366.